The number of carbonyl (C=O) groups excluding carboxylic acids is 2. The highest BCUT2D eigenvalue weighted by atomic mass is 16.2. The molecule has 124 valence electrons. The Hall–Kier alpha value is -2.76. The molecule has 0 atom stereocenters. The lowest BCUT2D eigenvalue weighted by Crippen LogP contribution is -2.48. The highest BCUT2D eigenvalue weighted by Gasteiger charge is 2.41. The smallest absolute Gasteiger partial charge is 0.273 e. The van der Waals surface area contributed by atoms with Gasteiger partial charge < -0.3 is 9.88 Å². The molecular weight excluding hydrogens is 306 g/mol. The summed E-state index contributed by atoms with van der Waals surface area (Å²) in [6, 6.07) is 9.74. The average molecular weight is 325 g/mol. The number of carbonyl (C=O) groups is 2. The van der Waals surface area contributed by atoms with Crippen LogP contribution in [0, 0.1) is 0 Å². The third-order valence-electron chi connectivity index (χ3n) is 4.80. The second-order valence-corrected chi connectivity index (χ2v) is 6.09. The topological polar surface area (TPSA) is 83.1 Å². The number of amides is 1. The predicted molar refractivity (Wildman–Crippen MR) is 88.8 cm³/mol. The first kappa shape index (κ1) is 16.1. The minimum atomic E-state index is -0.531. The van der Waals surface area contributed by atoms with Gasteiger partial charge in [-0.2, -0.15) is 0 Å². The number of Topliss-reactive ketones (excluding diaryl/α,β-unsaturated/α-hetero) is 1. The van der Waals surface area contributed by atoms with E-state index in [4.69, 9.17) is 0 Å². The fourth-order valence-corrected chi connectivity index (χ4v) is 3.31. The van der Waals surface area contributed by atoms with Gasteiger partial charge in [0.05, 0.1) is 11.6 Å². The first-order chi connectivity index (χ1) is 11.5. The van der Waals surface area contributed by atoms with E-state index < -0.39 is 5.41 Å². The molecule has 1 N–H and O–H groups in total. The van der Waals surface area contributed by atoms with E-state index in [0.717, 1.165) is 11.8 Å². The monoisotopic (exact) mass is 325 g/mol. The van der Waals surface area contributed by atoms with Crippen LogP contribution in [0.15, 0.2) is 47.5 Å². The van der Waals surface area contributed by atoms with Crippen molar-refractivity contribution in [3.05, 3.63) is 64.3 Å². The lowest BCUT2D eigenvalue weighted by atomic mass is 9.70. The number of aromatic nitrogens is 2. The third-order valence-corrected chi connectivity index (χ3v) is 4.80. The first-order valence-corrected chi connectivity index (χ1v) is 7.93. The summed E-state index contributed by atoms with van der Waals surface area (Å²) in [7, 11) is 0. The molecule has 0 aliphatic carbocycles. The van der Waals surface area contributed by atoms with E-state index in [2.05, 4.69) is 9.97 Å². The lowest BCUT2D eigenvalue weighted by Gasteiger charge is -2.40. The van der Waals surface area contributed by atoms with E-state index in [9.17, 15) is 14.4 Å². The molecule has 24 heavy (non-hydrogen) atoms. The van der Waals surface area contributed by atoms with Crippen molar-refractivity contribution in [2.24, 2.45) is 0 Å². The fourth-order valence-electron chi connectivity index (χ4n) is 3.31. The van der Waals surface area contributed by atoms with Crippen molar-refractivity contribution >= 4 is 11.7 Å². The largest absolute Gasteiger partial charge is 0.337 e. The van der Waals surface area contributed by atoms with Crippen LogP contribution in [-0.4, -0.2) is 39.6 Å². The van der Waals surface area contributed by atoms with Gasteiger partial charge in [-0.05, 0) is 25.3 Å². The highest BCUT2D eigenvalue weighted by molar-refractivity contribution is 5.93. The zero-order valence-electron chi connectivity index (χ0n) is 13.5. The molecular formula is C18H19N3O3. The van der Waals surface area contributed by atoms with Gasteiger partial charge in [0.1, 0.15) is 11.5 Å². The Bertz CT molecular complexity index is 785. The van der Waals surface area contributed by atoms with Gasteiger partial charge in [-0.3, -0.25) is 14.4 Å². The fraction of sp³-hybridized carbons (Fsp3) is 0.333. The average Bonchev–Trinajstić information content (AvgIpc) is 2.62. The van der Waals surface area contributed by atoms with Gasteiger partial charge in [-0.15, -0.1) is 0 Å². The van der Waals surface area contributed by atoms with Crippen LogP contribution in [0.25, 0.3) is 0 Å². The first-order valence-electron chi connectivity index (χ1n) is 7.93. The Balaban J connectivity index is 1.79. The zero-order valence-corrected chi connectivity index (χ0v) is 13.5. The van der Waals surface area contributed by atoms with Crippen molar-refractivity contribution in [1.82, 2.24) is 14.9 Å². The van der Waals surface area contributed by atoms with Crippen LogP contribution in [0.1, 0.15) is 35.8 Å². The van der Waals surface area contributed by atoms with Gasteiger partial charge in [0, 0.05) is 19.3 Å². The summed E-state index contributed by atoms with van der Waals surface area (Å²) in [5, 5.41) is 0. The van der Waals surface area contributed by atoms with Gasteiger partial charge in [0.2, 0.25) is 0 Å². The molecule has 1 aliphatic heterocycles. The third kappa shape index (κ3) is 2.87. The molecule has 3 rings (SSSR count). The Labute approximate surface area is 139 Å². The molecule has 6 nitrogen and oxygen atoms in total. The molecule has 1 aliphatic rings. The number of hydrogen-bond acceptors (Lipinski definition) is 4. The molecule has 1 aromatic heterocycles. The van der Waals surface area contributed by atoms with E-state index in [-0.39, 0.29) is 22.9 Å². The maximum atomic E-state index is 12.5. The molecule has 0 saturated carbocycles. The van der Waals surface area contributed by atoms with E-state index in [0.29, 0.717) is 25.9 Å². The maximum Gasteiger partial charge on any atom is 0.273 e. The van der Waals surface area contributed by atoms with Crippen molar-refractivity contribution in [3.63, 3.8) is 0 Å². The summed E-state index contributed by atoms with van der Waals surface area (Å²) < 4.78 is 0. The van der Waals surface area contributed by atoms with Gasteiger partial charge >= 0.3 is 0 Å². The van der Waals surface area contributed by atoms with E-state index in [1.807, 2.05) is 30.3 Å². The summed E-state index contributed by atoms with van der Waals surface area (Å²) in [6.45, 7) is 2.58. The number of aromatic amines is 1. The van der Waals surface area contributed by atoms with Crippen LogP contribution in [-0.2, 0) is 10.2 Å². The lowest BCUT2D eigenvalue weighted by molar-refractivity contribution is -0.124. The number of rotatable bonds is 3. The normalized spacial score (nSPS) is 16.6. The highest BCUT2D eigenvalue weighted by Crippen LogP contribution is 2.36. The minimum absolute atomic E-state index is 0.128. The van der Waals surface area contributed by atoms with Crippen molar-refractivity contribution < 1.29 is 9.59 Å². The Kier molecular flexibility index (Phi) is 4.29. The standard InChI is InChI=1S/C18H19N3O3/c1-13(22)18(14-5-3-2-4-6-14)7-9-21(10-8-18)17(24)15-11-20-16(23)12-19-15/h2-6,11-12H,7-10H2,1H3,(H,20,23). The molecule has 0 unspecified atom stereocenters. The van der Waals surface area contributed by atoms with Crippen molar-refractivity contribution in [2.75, 3.05) is 13.1 Å². The second kappa shape index (κ2) is 6.39. The van der Waals surface area contributed by atoms with Gasteiger partial charge in [-0.1, -0.05) is 30.3 Å². The number of ketones is 1. The number of hydrogen-bond donors (Lipinski definition) is 1. The van der Waals surface area contributed by atoms with Gasteiger partial charge in [-0.25, -0.2) is 4.98 Å². The summed E-state index contributed by atoms with van der Waals surface area (Å²) in [6.07, 6.45) is 3.60. The number of nitrogens with zero attached hydrogens (tertiary/aromatic N) is 2. The number of piperidine rings is 1. The second-order valence-electron chi connectivity index (χ2n) is 6.09. The molecule has 2 aromatic rings. The number of benzene rings is 1. The molecule has 1 amide bonds. The Morgan fingerprint density at radius 2 is 1.83 bits per heavy atom. The Morgan fingerprint density at radius 1 is 1.17 bits per heavy atom. The molecule has 0 spiro atoms. The molecule has 1 aromatic carbocycles. The van der Waals surface area contributed by atoms with Gasteiger partial charge in [0.15, 0.2) is 0 Å². The summed E-state index contributed by atoms with van der Waals surface area (Å²) >= 11 is 0. The molecule has 0 bridgehead atoms. The zero-order chi connectivity index (χ0) is 17.2. The van der Waals surface area contributed by atoms with Gasteiger partial charge in [0.25, 0.3) is 11.5 Å². The van der Waals surface area contributed by atoms with Crippen LogP contribution in [0.5, 0.6) is 0 Å². The molecule has 1 saturated heterocycles. The molecule has 6 heteroatoms. The van der Waals surface area contributed by atoms with Crippen molar-refractivity contribution in [2.45, 2.75) is 25.2 Å². The number of likely N-dealkylation sites (tertiary alicyclic amines) is 1. The quantitative estimate of drug-likeness (QED) is 0.928. The van der Waals surface area contributed by atoms with Crippen LogP contribution in [0.2, 0.25) is 0 Å². The number of nitrogens with one attached hydrogen (secondary N) is 1. The van der Waals surface area contributed by atoms with Crippen LogP contribution in [0.3, 0.4) is 0 Å². The van der Waals surface area contributed by atoms with Crippen molar-refractivity contribution in [1.29, 1.82) is 0 Å². The van der Waals surface area contributed by atoms with Crippen molar-refractivity contribution in [3.8, 4) is 0 Å². The van der Waals surface area contributed by atoms with Crippen LogP contribution < -0.4 is 5.56 Å². The summed E-state index contributed by atoms with van der Waals surface area (Å²) in [5.41, 5.74) is 0.345. The Morgan fingerprint density at radius 3 is 2.38 bits per heavy atom. The number of H-pyrrole nitrogens is 1. The maximum absolute atomic E-state index is 12.5. The summed E-state index contributed by atoms with van der Waals surface area (Å²) in [5.74, 6) is -0.0978. The minimum Gasteiger partial charge on any atom is -0.337 e. The van der Waals surface area contributed by atoms with Crippen LogP contribution >= 0.6 is 0 Å². The van der Waals surface area contributed by atoms with E-state index in [1.54, 1.807) is 11.8 Å². The molecule has 0 radical (unpaired) electrons. The predicted octanol–water partition coefficient (Wildman–Crippen LogP) is 1.53. The van der Waals surface area contributed by atoms with E-state index >= 15 is 0 Å². The summed E-state index contributed by atoms with van der Waals surface area (Å²) in [4.78, 5) is 43.9. The van der Waals surface area contributed by atoms with E-state index in [1.165, 1.54) is 6.20 Å². The SMILES string of the molecule is CC(=O)C1(c2ccccc2)CCN(C(=O)c2c[nH]c(=O)cn2)CC1. The van der Waals surface area contributed by atoms with Crippen LogP contribution in [0.4, 0.5) is 0 Å². The molecule has 1 fully saturated rings. The molecule has 2 heterocycles.